The lowest BCUT2D eigenvalue weighted by Gasteiger charge is -2.21. The number of carboxylic acids is 1. The minimum absolute atomic E-state index is 0.162. The molecule has 0 fully saturated rings. The molecule has 0 aliphatic rings. The van der Waals surface area contributed by atoms with Crippen molar-refractivity contribution in [1.29, 1.82) is 0 Å². The topological polar surface area (TPSA) is 76.4 Å². The highest BCUT2D eigenvalue weighted by molar-refractivity contribution is 5.93. The van der Waals surface area contributed by atoms with Crippen molar-refractivity contribution < 1.29 is 14.7 Å². The number of aliphatic carboxylic acids is 1. The third kappa shape index (κ3) is 8.32. The molecule has 34 heavy (non-hydrogen) atoms. The van der Waals surface area contributed by atoms with Gasteiger partial charge in [-0.25, -0.2) is 0 Å². The fourth-order valence-electron chi connectivity index (χ4n) is 3.40. The van der Waals surface area contributed by atoms with Crippen LogP contribution in [0.3, 0.4) is 0 Å². The van der Waals surface area contributed by atoms with E-state index in [1.54, 1.807) is 29.8 Å². The summed E-state index contributed by atoms with van der Waals surface area (Å²) in [4.78, 5) is 34.6. The molecule has 1 unspecified atom stereocenters. The standard InChI is InChI=1S/C20H17NO2.C7H14O2.C2H4/c1-15(22)18-13-8-14-21(20(18)23)19(16-9-4-2-5-10-16)17-11-6-3-7-12-17;1-3-4-5-6(2)7(8)9;1-2/h2-14,19H,1H3;6H,3-5H2,1-2H3,(H,8,9);1-2H2. The van der Waals surface area contributed by atoms with Crippen molar-refractivity contribution >= 4 is 11.8 Å². The maximum Gasteiger partial charge on any atom is 0.306 e. The number of carboxylic acid groups (broad SMARTS) is 1. The first-order chi connectivity index (χ1) is 16.4. The SMILES string of the molecule is C=C.CC(=O)c1cccn(C(c2ccccc2)c2ccccc2)c1=O.CCCCC(C)C(=O)O. The average molecular weight is 462 g/mol. The first kappa shape index (κ1) is 28.3. The number of aromatic nitrogens is 1. The second kappa shape index (κ2) is 15.2. The van der Waals surface area contributed by atoms with Crippen LogP contribution in [0, 0.1) is 5.92 Å². The molecular weight excluding hydrogens is 426 g/mol. The molecule has 0 amide bonds. The second-order valence-corrected chi connectivity index (χ2v) is 7.80. The number of carbonyl (C=O) groups excluding carboxylic acids is 1. The van der Waals surface area contributed by atoms with Crippen LogP contribution in [0.25, 0.3) is 0 Å². The van der Waals surface area contributed by atoms with Gasteiger partial charge in [-0.2, -0.15) is 0 Å². The Morgan fingerprint density at radius 3 is 1.82 bits per heavy atom. The van der Waals surface area contributed by atoms with Gasteiger partial charge in [-0.05, 0) is 36.6 Å². The average Bonchev–Trinajstić information content (AvgIpc) is 2.86. The van der Waals surface area contributed by atoms with Crippen LogP contribution in [0.1, 0.15) is 67.6 Å². The van der Waals surface area contributed by atoms with Gasteiger partial charge in [0.2, 0.25) is 0 Å². The summed E-state index contributed by atoms with van der Waals surface area (Å²) in [6, 6.07) is 22.7. The fourth-order valence-corrected chi connectivity index (χ4v) is 3.40. The number of nitrogens with zero attached hydrogens (tertiary/aromatic N) is 1. The van der Waals surface area contributed by atoms with Gasteiger partial charge >= 0.3 is 5.97 Å². The van der Waals surface area contributed by atoms with Gasteiger partial charge in [0.05, 0.1) is 17.5 Å². The number of hydrogen-bond acceptors (Lipinski definition) is 3. The minimum atomic E-state index is -0.677. The molecule has 0 saturated carbocycles. The van der Waals surface area contributed by atoms with E-state index in [2.05, 4.69) is 20.1 Å². The molecule has 1 atom stereocenters. The summed E-state index contributed by atoms with van der Waals surface area (Å²) in [5.74, 6) is -1.06. The maximum absolute atomic E-state index is 12.7. The molecule has 1 N–H and O–H groups in total. The first-order valence-corrected chi connectivity index (χ1v) is 11.4. The van der Waals surface area contributed by atoms with Gasteiger partial charge in [0.15, 0.2) is 5.78 Å². The third-order valence-corrected chi connectivity index (χ3v) is 5.27. The molecule has 1 aromatic heterocycles. The van der Waals surface area contributed by atoms with E-state index in [1.807, 2.05) is 60.7 Å². The van der Waals surface area contributed by atoms with Gasteiger partial charge in [0.1, 0.15) is 0 Å². The van der Waals surface area contributed by atoms with Crippen LogP contribution in [0.5, 0.6) is 0 Å². The monoisotopic (exact) mass is 461 g/mol. The first-order valence-electron chi connectivity index (χ1n) is 11.4. The Hall–Kier alpha value is -3.73. The highest BCUT2D eigenvalue weighted by atomic mass is 16.4. The molecule has 3 aromatic rings. The van der Waals surface area contributed by atoms with Crippen molar-refractivity contribution in [3.63, 3.8) is 0 Å². The molecule has 3 rings (SSSR count). The minimum Gasteiger partial charge on any atom is -0.481 e. The Balaban J connectivity index is 0.000000446. The number of unbranched alkanes of at least 4 members (excludes halogenated alkanes) is 1. The van der Waals surface area contributed by atoms with E-state index in [-0.39, 0.29) is 28.9 Å². The number of pyridine rings is 1. The molecule has 5 heteroatoms. The molecule has 0 aliphatic heterocycles. The van der Waals surface area contributed by atoms with Gasteiger partial charge < -0.3 is 9.67 Å². The van der Waals surface area contributed by atoms with E-state index < -0.39 is 5.97 Å². The molecular formula is C29H35NO4. The molecule has 5 nitrogen and oxygen atoms in total. The number of benzene rings is 2. The molecule has 2 aromatic carbocycles. The summed E-state index contributed by atoms with van der Waals surface area (Å²) in [5.41, 5.74) is 1.95. The van der Waals surface area contributed by atoms with Gasteiger partial charge in [-0.3, -0.25) is 14.4 Å². The van der Waals surface area contributed by atoms with Crippen LogP contribution in [0.15, 0.2) is 96.9 Å². The molecule has 0 saturated heterocycles. The van der Waals surface area contributed by atoms with E-state index >= 15 is 0 Å². The Morgan fingerprint density at radius 1 is 0.912 bits per heavy atom. The summed E-state index contributed by atoms with van der Waals surface area (Å²) in [6.07, 6.45) is 4.65. The third-order valence-electron chi connectivity index (χ3n) is 5.27. The zero-order chi connectivity index (χ0) is 25.5. The van der Waals surface area contributed by atoms with Gasteiger partial charge in [0.25, 0.3) is 5.56 Å². The van der Waals surface area contributed by atoms with Crippen molar-refractivity contribution in [1.82, 2.24) is 4.57 Å². The summed E-state index contributed by atoms with van der Waals surface area (Å²) >= 11 is 0. The quantitative estimate of drug-likeness (QED) is 0.312. The van der Waals surface area contributed by atoms with Crippen LogP contribution in [-0.4, -0.2) is 21.4 Å². The number of Topliss-reactive ketones (excluding diaryl/α,β-unsaturated/α-hetero) is 1. The Bertz CT molecular complexity index is 1030. The van der Waals surface area contributed by atoms with E-state index in [9.17, 15) is 14.4 Å². The van der Waals surface area contributed by atoms with E-state index in [4.69, 9.17) is 5.11 Å². The largest absolute Gasteiger partial charge is 0.481 e. The van der Waals surface area contributed by atoms with Gasteiger partial charge in [-0.15, -0.1) is 13.2 Å². The number of rotatable bonds is 8. The van der Waals surface area contributed by atoms with Crippen LogP contribution in [0.4, 0.5) is 0 Å². The normalized spacial score (nSPS) is 10.8. The van der Waals surface area contributed by atoms with Crippen LogP contribution >= 0.6 is 0 Å². The Kier molecular flexibility index (Phi) is 12.6. The molecule has 0 bridgehead atoms. The summed E-state index contributed by atoms with van der Waals surface area (Å²) in [7, 11) is 0. The van der Waals surface area contributed by atoms with Crippen molar-refractivity contribution in [3.05, 3.63) is 119 Å². The summed E-state index contributed by atoms with van der Waals surface area (Å²) in [5, 5.41) is 8.41. The molecule has 180 valence electrons. The van der Waals surface area contributed by atoms with Gasteiger partial charge in [-0.1, -0.05) is 87.4 Å². The van der Waals surface area contributed by atoms with Crippen LogP contribution in [0.2, 0.25) is 0 Å². The molecule has 0 aliphatic carbocycles. The molecule has 1 heterocycles. The van der Waals surface area contributed by atoms with E-state index in [1.165, 1.54) is 6.92 Å². The number of ketones is 1. The summed E-state index contributed by atoms with van der Waals surface area (Å²) in [6.45, 7) is 11.2. The Morgan fingerprint density at radius 2 is 1.41 bits per heavy atom. The fraction of sp³-hybridized carbons (Fsp3) is 0.276. The van der Waals surface area contributed by atoms with Crippen LogP contribution < -0.4 is 5.56 Å². The number of carbonyl (C=O) groups is 2. The predicted octanol–water partition coefficient (Wildman–Crippen LogP) is 6.39. The highest BCUT2D eigenvalue weighted by Crippen LogP contribution is 2.25. The van der Waals surface area contributed by atoms with E-state index in [0.717, 1.165) is 30.4 Å². The lowest BCUT2D eigenvalue weighted by atomic mass is 9.98. The molecule has 0 radical (unpaired) electrons. The highest BCUT2D eigenvalue weighted by Gasteiger charge is 2.19. The van der Waals surface area contributed by atoms with E-state index in [0.29, 0.717) is 0 Å². The van der Waals surface area contributed by atoms with Crippen molar-refractivity contribution in [3.8, 4) is 0 Å². The lowest BCUT2D eigenvalue weighted by Crippen LogP contribution is -2.29. The summed E-state index contributed by atoms with van der Waals surface area (Å²) < 4.78 is 1.63. The molecule has 0 spiro atoms. The van der Waals surface area contributed by atoms with Crippen molar-refractivity contribution in [2.24, 2.45) is 5.92 Å². The maximum atomic E-state index is 12.7. The Labute approximate surface area is 202 Å². The number of hydrogen-bond donors (Lipinski definition) is 1. The smallest absolute Gasteiger partial charge is 0.306 e. The lowest BCUT2D eigenvalue weighted by molar-refractivity contribution is -0.141. The zero-order valence-electron chi connectivity index (χ0n) is 20.3. The predicted molar refractivity (Wildman–Crippen MR) is 138 cm³/mol. The zero-order valence-corrected chi connectivity index (χ0v) is 20.3. The van der Waals surface area contributed by atoms with Crippen molar-refractivity contribution in [2.75, 3.05) is 0 Å². The van der Waals surface area contributed by atoms with Crippen LogP contribution in [-0.2, 0) is 4.79 Å². The van der Waals surface area contributed by atoms with Crippen molar-refractivity contribution in [2.45, 2.75) is 46.1 Å². The van der Waals surface area contributed by atoms with Gasteiger partial charge in [0, 0.05) is 6.20 Å². The second-order valence-electron chi connectivity index (χ2n) is 7.80.